The number of hydrogen-bond acceptors (Lipinski definition) is 2. The van der Waals surface area contributed by atoms with Crippen molar-refractivity contribution < 1.29 is 4.39 Å². The first-order chi connectivity index (χ1) is 7.49. The molecule has 0 amide bonds. The Morgan fingerprint density at radius 1 is 1.25 bits per heavy atom. The Bertz CT molecular complexity index is 547. The zero-order valence-electron chi connectivity index (χ0n) is 9.71. The number of nitrogens with zero attached hydrogens (tertiary/aromatic N) is 1. The van der Waals surface area contributed by atoms with Crippen LogP contribution in [0.15, 0.2) is 18.2 Å². The standard InChI is InChI=1S/C13H15FN2/c1-7-4-8(2)16-13-11(7)5-10(14)6-12(13)9(3)15/h4-6,9H,15H2,1-3H3. The van der Waals surface area contributed by atoms with Gasteiger partial charge in [-0.1, -0.05) is 0 Å². The number of pyridine rings is 1. The molecule has 1 aromatic carbocycles. The zero-order valence-corrected chi connectivity index (χ0v) is 9.71. The molecular weight excluding hydrogens is 203 g/mol. The second kappa shape index (κ2) is 3.83. The molecule has 1 aromatic heterocycles. The number of aryl methyl sites for hydroxylation is 2. The van der Waals surface area contributed by atoms with E-state index < -0.39 is 0 Å². The smallest absolute Gasteiger partial charge is 0.124 e. The Labute approximate surface area is 94.3 Å². The van der Waals surface area contributed by atoms with Gasteiger partial charge in [-0.2, -0.15) is 0 Å². The predicted molar refractivity (Wildman–Crippen MR) is 63.8 cm³/mol. The lowest BCUT2D eigenvalue weighted by Gasteiger charge is -2.12. The third-order valence-corrected chi connectivity index (χ3v) is 2.73. The van der Waals surface area contributed by atoms with Crippen molar-refractivity contribution in [2.45, 2.75) is 26.8 Å². The summed E-state index contributed by atoms with van der Waals surface area (Å²) in [6, 6.07) is 4.72. The number of rotatable bonds is 1. The molecule has 1 atom stereocenters. The van der Waals surface area contributed by atoms with Crippen molar-refractivity contribution in [3.05, 3.63) is 40.8 Å². The minimum Gasteiger partial charge on any atom is -0.324 e. The van der Waals surface area contributed by atoms with Crippen molar-refractivity contribution in [1.82, 2.24) is 4.98 Å². The van der Waals surface area contributed by atoms with Crippen LogP contribution in [-0.4, -0.2) is 4.98 Å². The van der Waals surface area contributed by atoms with Crippen LogP contribution in [0.2, 0.25) is 0 Å². The highest BCUT2D eigenvalue weighted by atomic mass is 19.1. The van der Waals surface area contributed by atoms with E-state index in [4.69, 9.17) is 5.73 Å². The second-order valence-electron chi connectivity index (χ2n) is 4.26. The molecular formula is C13H15FN2. The van der Waals surface area contributed by atoms with E-state index in [1.807, 2.05) is 26.8 Å². The fourth-order valence-corrected chi connectivity index (χ4v) is 1.99. The average molecular weight is 218 g/mol. The average Bonchev–Trinajstić information content (AvgIpc) is 2.18. The van der Waals surface area contributed by atoms with Crippen molar-refractivity contribution in [3.8, 4) is 0 Å². The highest BCUT2D eigenvalue weighted by Gasteiger charge is 2.11. The summed E-state index contributed by atoms with van der Waals surface area (Å²) < 4.78 is 13.5. The second-order valence-corrected chi connectivity index (χ2v) is 4.26. The van der Waals surface area contributed by atoms with Gasteiger partial charge in [-0.3, -0.25) is 4.98 Å². The van der Waals surface area contributed by atoms with Crippen LogP contribution in [0, 0.1) is 19.7 Å². The normalized spacial score (nSPS) is 13.1. The van der Waals surface area contributed by atoms with Gasteiger partial charge in [0.1, 0.15) is 5.82 Å². The molecule has 0 aliphatic carbocycles. The van der Waals surface area contributed by atoms with Crippen LogP contribution < -0.4 is 5.73 Å². The molecule has 0 spiro atoms. The third-order valence-electron chi connectivity index (χ3n) is 2.73. The van der Waals surface area contributed by atoms with Gasteiger partial charge >= 0.3 is 0 Å². The van der Waals surface area contributed by atoms with Crippen molar-refractivity contribution in [2.75, 3.05) is 0 Å². The molecule has 1 heterocycles. The fourth-order valence-electron chi connectivity index (χ4n) is 1.99. The van der Waals surface area contributed by atoms with Crippen LogP contribution in [0.1, 0.15) is 29.8 Å². The summed E-state index contributed by atoms with van der Waals surface area (Å²) in [5.74, 6) is -0.256. The lowest BCUT2D eigenvalue weighted by molar-refractivity contribution is 0.624. The van der Waals surface area contributed by atoms with Gasteiger partial charge in [-0.15, -0.1) is 0 Å². The van der Waals surface area contributed by atoms with E-state index in [0.717, 1.165) is 27.7 Å². The van der Waals surface area contributed by atoms with E-state index in [-0.39, 0.29) is 11.9 Å². The summed E-state index contributed by atoms with van der Waals surface area (Å²) in [6.07, 6.45) is 0. The lowest BCUT2D eigenvalue weighted by Crippen LogP contribution is -2.07. The summed E-state index contributed by atoms with van der Waals surface area (Å²) in [5.41, 5.74) is 9.38. The van der Waals surface area contributed by atoms with Gasteiger partial charge in [-0.05, 0) is 50.1 Å². The Morgan fingerprint density at radius 3 is 2.56 bits per heavy atom. The molecule has 0 saturated carbocycles. The summed E-state index contributed by atoms with van der Waals surface area (Å²) >= 11 is 0. The molecule has 0 aliphatic heterocycles. The third kappa shape index (κ3) is 1.78. The molecule has 2 N–H and O–H groups in total. The SMILES string of the molecule is Cc1cc(C)c2cc(F)cc(C(C)N)c2n1. The predicted octanol–water partition coefficient (Wildman–Crippen LogP) is 3.01. The lowest BCUT2D eigenvalue weighted by atomic mass is 10.0. The van der Waals surface area contributed by atoms with Crippen LogP contribution in [-0.2, 0) is 0 Å². The van der Waals surface area contributed by atoms with E-state index in [1.54, 1.807) is 0 Å². The topological polar surface area (TPSA) is 38.9 Å². The fraction of sp³-hybridized carbons (Fsp3) is 0.308. The summed E-state index contributed by atoms with van der Waals surface area (Å²) in [6.45, 7) is 5.73. The molecule has 1 unspecified atom stereocenters. The number of aromatic nitrogens is 1. The molecule has 16 heavy (non-hydrogen) atoms. The van der Waals surface area contributed by atoms with E-state index in [1.165, 1.54) is 12.1 Å². The molecule has 3 heteroatoms. The number of benzene rings is 1. The quantitative estimate of drug-likeness (QED) is 0.799. The summed E-state index contributed by atoms with van der Waals surface area (Å²) in [7, 11) is 0. The van der Waals surface area contributed by atoms with Crippen LogP contribution in [0.4, 0.5) is 4.39 Å². The summed E-state index contributed by atoms with van der Waals surface area (Å²) in [4.78, 5) is 4.45. The molecule has 2 aromatic rings. The van der Waals surface area contributed by atoms with Gasteiger partial charge in [0.25, 0.3) is 0 Å². The zero-order chi connectivity index (χ0) is 11.9. The van der Waals surface area contributed by atoms with Crippen molar-refractivity contribution in [3.63, 3.8) is 0 Å². The monoisotopic (exact) mass is 218 g/mol. The molecule has 2 rings (SSSR count). The Morgan fingerprint density at radius 2 is 1.94 bits per heavy atom. The van der Waals surface area contributed by atoms with Gasteiger partial charge in [0.2, 0.25) is 0 Å². The maximum absolute atomic E-state index is 13.5. The Kier molecular flexibility index (Phi) is 2.64. The molecule has 0 saturated heterocycles. The molecule has 0 aliphatic rings. The van der Waals surface area contributed by atoms with Crippen LogP contribution in [0.3, 0.4) is 0 Å². The Balaban J connectivity index is 2.89. The van der Waals surface area contributed by atoms with E-state index >= 15 is 0 Å². The largest absolute Gasteiger partial charge is 0.324 e. The first-order valence-electron chi connectivity index (χ1n) is 5.32. The maximum atomic E-state index is 13.5. The number of halogens is 1. The number of hydrogen-bond donors (Lipinski definition) is 1. The summed E-state index contributed by atoms with van der Waals surface area (Å²) in [5, 5.41) is 0.845. The minimum atomic E-state index is -0.256. The molecule has 0 fully saturated rings. The van der Waals surface area contributed by atoms with Gasteiger partial charge in [0.05, 0.1) is 5.52 Å². The van der Waals surface area contributed by atoms with E-state index in [2.05, 4.69) is 4.98 Å². The van der Waals surface area contributed by atoms with Gasteiger partial charge in [0.15, 0.2) is 0 Å². The van der Waals surface area contributed by atoms with Gasteiger partial charge in [0, 0.05) is 17.1 Å². The van der Waals surface area contributed by atoms with Gasteiger partial charge in [-0.25, -0.2) is 4.39 Å². The Hall–Kier alpha value is -1.48. The van der Waals surface area contributed by atoms with Crippen molar-refractivity contribution in [1.29, 1.82) is 0 Å². The van der Waals surface area contributed by atoms with Gasteiger partial charge < -0.3 is 5.73 Å². The molecule has 0 bridgehead atoms. The van der Waals surface area contributed by atoms with Crippen LogP contribution in [0.5, 0.6) is 0 Å². The molecule has 84 valence electrons. The van der Waals surface area contributed by atoms with E-state index in [9.17, 15) is 4.39 Å². The number of fused-ring (bicyclic) bond motifs is 1. The first-order valence-corrected chi connectivity index (χ1v) is 5.32. The maximum Gasteiger partial charge on any atom is 0.124 e. The highest BCUT2D eigenvalue weighted by molar-refractivity contribution is 5.85. The van der Waals surface area contributed by atoms with E-state index in [0.29, 0.717) is 0 Å². The molecule has 0 radical (unpaired) electrons. The van der Waals surface area contributed by atoms with Crippen molar-refractivity contribution >= 4 is 10.9 Å². The van der Waals surface area contributed by atoms with Crippen LogP contribution >= 0.6 is 0 Å². The highest BCUT2D eigenvalue weighted by Crippen LogP contribution is 2.26. The van der Waals surface area contributed by atoms with Crippen molar-refractivity contribution in [2.24, 2.45) is 5.73 Å². The van der Waals surface area contributed by atoms with Crippen LogP contribution in [0.25, 0.3) is 10.9 Å². The number of nitrogens with two attached hydrogens (primary N) is 1. The molecule has 2 nitrogen and oxygen atoms in total. The first kappa shape index (κ1) is 11.0. The minimum absolute atomic E-state index is 0.216.